The number of nitrogens with zero attached hydrogens (tertiary/aromatic N) is 2. The predicted molar refractivity (Wildman–Crippen MR) is 116 cm³/mol. The molecule has 0 unspecified atom stereocenters. The molecule has 0 fully saturated rings. The number of furan rings is 1. The summed E-state index contributed by atoms with van der Waals surface area (Å²) >= 11 is 0. The summed E-state index contributed by atoms with van der Waals surface area (Å²) in [6.07, 6.45) is 0. The molecular weight excluding hydrogens is 408 g/mol. The minimum absolute atomic E-state index is 0.0225. The number of pyridine rings is 1. The van der Waals surface area contributed by atoms with E-state index in [2.05, 4.69) is 4.98 Å². The number of rotatable bonds is 5. The maximum atomic E-state index is 12.9. The van der Waals surface area contributed by atoms with Crippen molar-refractivity contribution in [1.29, 1.82) is 0 Å². The number of esters is 1. The van der Waals surface area contributed by atoms with E-state index >= 15 is 0 Å². The van der Waals surface area contributed by atoms with Crippen molar-refractivity contribution >= 4 is 28.7 Å². The van der Waals surface area contributed by atoms with Gasteiger partial charge in [-0.25, -0.2) is 9.78 Å². The SMILES string of the molecule is Cc1ccc(-c2cc(C(=O)OCCN3C(=O)c4ccccc4C3=O)c3ccccc3n2)o1. The van der Waals surface area contributed by atoms with Crippen molar-refractivity contribution in [3.8, 4) is 11.5 Å². The number of carbonyl (C=O) groups excluding carboxylic acids is 3. The molecule has 0 bridgehead atoms. The standard InChI is InChI=1S/C25H18N2O5/c1-15-10-11-22(32-15)21-14-19(16-6-4-5-9-20(16)26-21)25(30)31-13-12-27-23(28)17-7-2-3-8-18(17)24(27)29/h2-11,14H,12-13H2,1H3. The molecule has 1 aliphatic heterocycles. The van der Waals surface area contributed by atoms with Gasteiger partial charge < -0.3 is 9.15 Å². The summed E-state index contributed by atoms with van der Waals surface area (Å²) in [7, 11) is 0. The summed E-state index contributed by atoms with van der Waals surface area (Å²) in [6.45, 7) is 1.69. The van der Waals surface area contributed by atoms with Crippen molar-refractivity contribution in [2.75, 3.05) is 13.2 Å². The number of ether oxygens (including phenoxy) is 1. The summed E-state index contributed by atoms with van der Waals surface area (Å²) < 4.78 is 11.1. The zero-order chi connectivity index (χ0) is 22.2. The Labute approximate surface area is 183 Å². The third-order valence-electron chi connectivity index (χ3n) is 5.36. The second-order valence-corrected chi connectivity index (χ2v) is 7.43. The van der Waals surface area contributed by atoms with Gasteiger partial charge in [0.05, 0.1) is 28.8 Å². The van der Waals surface area contributed by atoms with Gasteiger partial charge in [0.25, 0.3) is 11.8 Å². The third kappa shape index (κ3) is 3.33. The van der Waals surface area contributed by atoms with Crippen LogP contribution in [0.1, 0.15) is 36.8 Å². The van der Waals surface area contributed by atoms with Gasteiger partial charge in [-0.3, -0.25) is 14.5 Å². The van der Waals surface area contributed by atoms with Crippen LogP contribution in [0.4, 0.5) is 0 Å². The van der Waals surface area contributed by atoms with E-state index in [0.717, 1.165) is 10.7 Å². The number of amides is 2. The Hall–Kier alpha value is -4.26. The van der Waals surface area contributed by atoms with Gasteiger partial charge in [0.15, 0.2) is 5.76 Å². The van der Waals surface area contributed by atoms with Gasteiger partial charge in [0, 0.05) is 5.39 Å². The van der Waals surface area contributed by atoms with Gasteiger partial charge in [-0.15, -0.1) is 0 Å². The number of imide groups is 1. The Bertz CT molecular complexity index is 1350. The largest absolute Gasteiger partial charge is 0.460 e. The van der Waals surface area contributed by atoms with Crippen LogP contribution in [0.2, 0.25) is 0 Å². The van der Waals surface area contributed by atoms with Gasteiger partial charge in [-0.05, 0) is 43.3 Å². The molecule has 5 rings (SSSR count). The van der Waals surface area contributed by atoms with Crippen LogP contribution in [0.3, 0.4) is 0 Å². The van der Waals surface area contributed by atoms with Crippen LogP contribution in [-0.4, -0.2) is 40.8 Å². The first kappa shape index (κ1) is 19.7. The normalized spacial score (nSPS) is 13.0. The molecule has 3 heterocycles. The quantitative estimate of drug-likeness (QED) is 0.350. The summed E-state index contributed by atoms with van der Waals surface area (Å²) in [5.74, 6) is -0.0453. The zero-order valence-corrected chi connectivity index (χ0v) is 17.2. The Kier molecular flexibility index (Phi) is 4.78. The minimum Gasteiger partial charge on any atom is -0.460 e. The fraction of sp³-hybridized carbons (Fsp3) is 0.120. The van der Waals surface area contributed by atoms with Crippen molar-refractivity contribution < 1.29 is 23.5 Å². The van der Waals surface area contributed by atoms with Gasteiger partial charge in [-0.1, -0.05) is 30.3 Å². The first-order chi connectivity index (χ1) is 15.5. The average Bonchev–Trinajstić information content (AvgIpc) is 3.35. The highest BCUT2D eigenvalue weighted by molar-refractivity contribution is 6.21. The summed E-state index contributed by atoms with van der Waals surface area (Å²) in [4.78, 5) is 43.6. The number of para-hydroxylation sites is 1. The van der Waals surface area contributed by atoms with Crippen LogP contribution in [-0.2, 0) is 4.74 Å². The van der Waals surface area contributed by atoms with Gasteiger partial charge in [0.2, 0.25) is 0 Å². The van der Waals surface area contributed by atoms with E-state index in [4.69, 9.17) is 9.15 Å². The lowest BCUT2D eigenvalue weighted by Gasteiger charge is -2.14. The van der Waals surface area contributed by atoms with Crippen LogP contribution in [0, 0.1) is 6.92 Å². The fourth-order valence-electron chi connectivity index (χ4n) is 3.79. The highest BCUT2D eigenvalue weighted by Crippen LogP contribution is 2.27. The van der Waals surface area contributed by atoms with E-state index in [1.54, 1.807) is 42.5 Å². The fourth-order valence-corrected chi connectivity index (χ4v) is 3.79. The van der Waals surface area contributed by atoms with Gasteiger partial charge in [-0.2, -0.15) is 0 Å². The molecule has 7 heteroatoms. The van der Waals surface area contributed by atoms with Crippen LogP contribution in [0.25, 0.3) is 22.4 Å². The highest BCUT2D eigenvalue weighted by Gasteiger charge is 2.34. The maximum absolute atomic E-state index is 12.9. The molecule has 2 amide bonds. The lowest BCUT2D eigenvalue weighted by molar-refractivity contribution is 0.0422. The molecule has 0 spiro atoms. The van der Waals surface area contributed by atoms with Crippen LogP contribution < -0.4 is 0 Å². The van der Waals surface area contributed by atoms with E-state index in [0.29, 0.717) is 39.0 Å². The Balaban J connectivity index is 1.36. The van der Waals surface area contributed by atoms with Crippen molar-refractivity contribution in [2.45, 2.75) is 6.92 Å². The molecular formula is C25H18N2O5. The molecule has 1 aliphatic rings. The van der Waals surface area contributed by atoms with Gasteiger partial charge >= 0.3 is 5.97 Å². The number of aryl methyl sites for hydroxylation is 1. The number of carbonyl (C=O) groups is 3. The number of aromatic nitrogens is 1. The molecule has 0 radical (unpaired) electrons. The average molecular weight is 426 g/mol. The molecule has 0 atom stereocenters. The van der Waals surface area contributed by atoms with Crippen molar-refractivity contribution in [1.82, 2.24) is 9.88 Å². The zero-order valence-electron chi connectivity index (χ0n) is 17.2. The molecule has 32 heavy (non-hydrogen) atoms. The predicted octanol–water partition coefficient (Wildman–Crippen LogP) is 4.26. The van der Waals surface area contributed by atoms with Gasteiger partial charge in [0.1, 0.15) is 18.1 Å². The molecule has 158 valence electrons. The maximum Gasteiger partial charge on any atom is 0.338 e. The molecule has 2 aromatic carbocycles. The lowest BCUT2D eigenvalue weighted by atomic mass is 10.1. The summed E-state index contributed by atoms with van der Waals surface area (Å²) in [5.41, 5.74) is 2.21. The van der Waals surface area contributed by atoms with Crippen LogP contribution in [0.15, 0.2) is 71.1 Å². The Morgan fingerprint density at radius 2 is 1.66 bits per heavy atom. The first-order valence-corrected chi connectivity index (χ1v) is 10.1. The molecule has 4 aromatic rings. The Morgan fingerprint density at radius 3 is 2.34 bits per heavy atom. The van der Waals surface area contributed by atoms with E-state index < -0.39 is 5.97 Å². The van der Waals surface area contributed by atoms with E-state index in [-0.39, 0.29) is 25.0 Å². The molecule has 0 saturated heterocycles. The van der Waals surface area contributed by atoms with E-state index in [9.17, 15) is 14.4 Å². The lowest BCUT2D eigenvalue weighted by Crippen LogP contribution is -2.33. The topological polar surface area (TPSA) is 89.7 Å². The Morgan fingerprint density at radius 1 is 0.969 bits per heavy atom. The second-order valence-electron chi connectivity index (χ2n) is 7.43. The minimum atomic E-state index is -0.565. The number of benzene rings is 2. The van der Waals surface area contributed by atoms with Crippen molar-refractivity contribution in [3.05, 3.63) is 89.2 Å². The number of hydrogen-bond donors (Lipinski definition) is 0. The number of fused-ring (bicyclic) bond motifs is 2. The molecule has 2 aromatic heterocycles. The smallest absolute Gasteiger partial charge is 0.338 e. The monoisotopic (exact) mass is 426 g/mol. The molecule has 7 nitrogen and oxygen atoms in total. The molecule has 0 N–H and O–H groups in total. The van der Waals surface area contributed by atoms with Crippen LogP contribution in [0.5, 0.6) is 0 Å². The molecule has 0 saturated carbocycles. The summed E-state index contributed by atoms with van der Waals surface area (Å²) in [5, 5.41) is 0.644. The second kappa shape index (κ2) is 7.77. The highest BCUT2D eigenvalue weighted by atomic mass is 16.5. The van der Waals surface area contributed by atoms with Crippen molar-refractivity contribution in [2.24, 2.45) is 0 Å². The van der Waals surface area contributed by atoms with E-state index in [1.165, 1.54) is 0 Å². The third-order valence-corrected chi connectivity index (χ3v) is 5.36. The molecule has 0 aliphatic carbocycles. The first-order valence-electron chi connectivity index (χ1n) is 10.1. The number of hydrogen-bond acceptors (Lipinski definition) is 6. The van der Waals surface area contributed by atoms with Crippen molar-refractivity contribution in [3.63, 3.8) is 0 Å². The summed E-state index contributed by atoms with van der Waals surface area (Å²) in [6, 6.07) is 19.1. The van der Waals surface area contributed by atoms with Crippen LogP contribution >= 0.6 is 0 Å². The van der Waals surface area contributed by atoms with E-state index in [1.807, 2.05) is 31.2 Å².